The highest BCUT2D eigenvalue weighted by atomic mass is 32.2. The van der Waals surface area contributed by atoms with Crippen LogP contribution in [0.4, 0.5) is 0 Å². The van der Waals surface area contributed by atoms with Crippen LogP contribution in [0.5, 0.6) is 0 Å². The maximum atomic E-state index is 12.9. The second-order valence-electron chi connectivity index (χ2n) is 7.47. The smallest absolute Gasteiger partial charge is 0.341 e. The number of methoxy groups -OCH3 is 1. The summed E-state index contributed by atoms with van der Waals surface area (Å²) in [6.45, 7) is 11.5. The van der Waals surface area contributed by atoms with Gasteiger partial charge in [-0.2, -0.15) is 0 Å². The second kappa shape index (κ2) is 6.21. The average Bonchev–Trinajstić information content (AvgIpc) is 2.66. The van der Waals surface area contributed by atoms with Crippen molar-refractivity contribution >= 4 is 37.7 Å². The fourth-order valence-corrected chi connectivity index (χ4v) is 3.66. The first-order chi connectivity index (χ1) is 10.3. The molecule has 0 aliphatic carbocycles. The molecule has 1 aliphatic rings. The van der Waals surface area contributed by atoms with Crippen molar-refractivity contribution in [3.05, 3.63) is 0 Å². The number of nitrogens with one attached hydrogen (secondary N) is 1. The van der Waals surface area contributed by atoms with E-state index in [4.69, 9.17) is 9.16 Å². The van der Waals surface area contributed by atoms with E-state index in [1.807, 2.05) is 13.1 Å². The van der Waals surface area contributed by atoms with Gasteiger partial charge in [0.25, 0.3) is 0 Å². The number of ketones is 1. The van der Waals surface area contributed by atoms with E-state index in [1.54, 1.807) is 6.26 Å². The lowest BCUT2D eigenvalue weighted by Gasteiger charge is -2.38. The standard InChI is InChI=1S/C15H27NO5SSi/c1-13(2,3)23(7,8)21-9-15(12(19)20-5)10(17)14(4,22-6)11(18)16-15/h9H2,1-8H3,(H,16,18)/t14-,15-/m1/s1. The molecule has 0 aromatic carbocycles. The predicted octanol–water partition coefficient (Wildman–Crippen LogP) is 1.74. The van der Waals surface area contributed by atoms with Gasteiger partial charge in [-0.05, 0) is 31.3 Å². The van der Waals surface area contributed by atoms with Gasteiger partial charge in [0, 0.05) is 0 Å². The summed E-state index contributed by atoms with van der Waals surface area (Å²) >= 11 is 1.11. The number of Topliss-reactive ketones (excluding diaryl/α,β-unsaturated/α-hetero) is 1. The maximum absolute atomic E-state index is 12.9. The largest absolute Gasteiger partial charge is 0.467 e. The zero-order valence-electron chi connectivity index (χ0n) is 15.2. The molecular formula is C15H27NO5SSi. The molecule has 1 N–H and O–H groups in total. The summed E-state index contributed by atoms with van der Waals surface area (Å²) in [7, 11) is -1.01. The molecule has 2 atom stereocenters. The number of rotatable bonds is 5. The van der Waals surface area contributed by atoms with Crippen LogP contribution in [0, 0.1) is 0 Å². The molecule has 0 bridgehead atoms. The Bertz CT molecular complexity index is 530. The van der Waals surface area contributed by atoms with Gasteiger partial charge in [0.15, 0.2) is 18.8 Å². The molecule has 6 nitrogen and oxygen atoms in total. The average molecular weight is 362 g/mol. The van der Waals surface area contributed by atoms with E-state index >= 15 is 0 Å². The zero-order valence-corrected chi connectivity index (χ0v) is 17.0. The first-order valence-electron chi connectivity index (χ1n) is 7.43. The number of amides is 1. The summed E-state index contributed by atoms with van der Waals surface area (Å²) in [4.78, 5) is 37.5. The first kappa shape index (κ1) is 20.2. The highest BCUT2D eigenvalue weighted by Crippen LogP contribution is 2.40. The Kier molecular flexibility index (Phi) is 5.45. The zero-order chi connectivity index (χ0) is 18.3. The van der Waals surface area contributed by atoms with Crippen LogP contribution in [-0.4, -0.2) is 56.2 Å². The van der Waals surface area contributed by atoms with Crippen LogP contribution >= 0.6 is 11.8 Å². The Hall–Kier alpha value is -0.863. The summed E-state index contributed by atoms with van der Waals surface area (Å²) in [5, 5.41) is 2.46. The Labute approximate surface area is 143 Å². The number of carbonyl (C=O) groups excluding carboxylic acids is 3. The molecule has 132 valence electrons. The maximum Gasteiger partial charge on any atom is 0.341 e. The van der Waals surface area contributed by atoms with Crippen LogP contribution < -0.4 is 5.32 Å². The summed E-state index contributed by atoms with van der Waals surface area (Å²) in [6.07, 6.45) is 1.67. The van der Waals surface area contributed by atoms with Crippen molar-refractivity contribution in [2.75, 3.05) is 20.0 Å². The minimum absolute atomic E-state index is 0.0845. The number of hydrogen-bond acceptors (Lipinski definition) is 6. The fourth-order valence-electron chi connectivity index (χ4n) is 2.05. The monoisotopic (exact) mass is 361 g/mol. The van der Waals surface area contributed by atoms with Crippen LogP contribution in [0.2, 0.25) is 18.1 Å². The van der Waals surface area contributed by atoms with Gasteiger partial charge in [-0.3, -0.25) is 9.59 Å². The molecule has 1 heterocycles. The highest BCUT2D eigenvalue weighted by molar-refractivity contribution is 8.01. The molecular weight excluding hydrogens is 334 g/mol. The SMILES string of the molecule is COC(=O)[C@]1(CO[Si](C)(C)C(C)(C)C)NC(=O)[C@](C)(SC)C1=O. The summed E-state index contributed by atoms with van der Waals surface area (Å²) in [6, 6.07) is 0. The Morgan fingerprint density at radius 2 is 1.83 bits per heavy atom. The molecule has 0 aromatic rings. The van der Waals surface area contributed by atoms with Gasteiger partial charge in [0.2, 0.25) is 11.4 Å². The Balaban J connectivity index is 3.21. The van der Waals surface area contributed by atoms with Gasteiger partial charge in [-0.15, -0.1) is 11.8 Å². The van der Waals surface area contributed by atoms with E-state index in [9.17, 15) is 14.4 Å². The molecule has 0 radical (unpaired) electrons. The quantitative estimate of drug-likeness (QED) is 0.456. The number of ether oxygens (including phenoxy) is 1. The molecule has 1 saturated heterocycles. The van der Waals surface area contributed by atoms with Crippen LogP contribution in [-0.2, 0) is 23.5 Å². The van der Waals surface area contributed by atoms with Gasteiger partial charge >= 0.3 is 5.97 Å². The van der Waals surface area contributed by atoms with E-state index in [-0.39, 0.29) is 11.6 Å². The van der Waals surface area contributed by atoms with Crippen LogP contribution in [0.15, 0.2) is 0 Å². The van der Waals surface area contributed by atoms with Crippen molar-refractivity contribution in [3.8, 4) is 0 Å². The van der Waals surface area contributed by atoms with E-state index < -0.39 is 36.3 Å². The highest BCUT2D eigenvalue weighted by Gasteiger charge is 2.65. The normalized spacial score (nSPS) is 28.7. The molecule has 1 fully saturated rings. The number of thioether (sulfide) groups is 1. The molecule has 0 saturated carbocycles. The van der Waals surface area contributed by atoms with Crippen molar-refractivity contribution in [2.24, 2.45) is 0 Å². The minimum atomic E-state index is -2.20. The van der Waals surface area contributed by atoms with Gasteiger partial charge in [-0.1, -0.05) is 20.8 Å². The third-order valence-electron chi connectivity index (χ3n) is 4.98. The second-order valence-corrected chi connectivity index (χ2v) is 13.5. The topological polar surface area (TPSA) is 81.7 Å². The lowest BCUT2D eigenvalue weighted by atomic mass is 9.92. The van der Waals surface area contributed by atoms with E-state index in [0.29, 0.717) is 0 Å². The molecule has 0 aromatic heterocycles. The third kappa shape index (κ3) is 3.21. The number of esters is 1. The van der Waals surface area contributed by atoms with Crippen molar-refractivity contribution < 1.29 is 23.5 Å². The molecule has 0 spiro atoms. The lowest BCUT2D eigenvalue weighted by Crippen LogP contribution is -2.60. The van der Waals surface area contributed by atoms with Crippen molar-refractivity contribution in [1.29, 1.82) is 0 Å². The van der Waals surface area contributed by atoms with Crippen LogP contribution in [0.1, 0.15) is 27.7 Å². The van der Waals surface area contributed by atoms with Gasteiger partial charge in [0.05, 0.1) is 13.7 Å². The fraction of sp³-hybridized carbons (Fsp3) is 0.800. The van der Waals surface area contributed by atoms with Gasteiger partial charge < -0.3 is 14.5 Å². The molecule has 0 unspecified atom stereocenters. The first-order valence-corrected chi connectivity index (χ1v) is 11.6. The van der Waals surface area contributed by atoms with E-state index in [1.165, 1.54) is 14.0 Å². The van der Waals surface area contributed by atoms with Crippen LogP contribution in [0.3, 0.4) is 0 Å². The van der Waals surface area contributed by atoms with Crippen LogP contribution in [0.25, 0.3) is 0 Å². The summed E-state index contributed by atoms with van der Waals surface area (Å²) in [5.74, 6) is -1.78. The molecule has 23 heavy (non-hydrogen) atoms. The molecule has 8 heteroatoms. The minimum Gasteiger partial charge on any atom is -0.467 e. The molecule has 1 aliphatic heterocycles. The van der Waals surface area contributed by atoms with Crippen molar-refractivity contribution in [1.82, 2.24) is 5.32 Å². The van der Waals surface area contributed by atoms with E-state index in [0.717, 1.165) is 11.8 Å². The molecule has 1 rings (SSSR count). The summed E-state index contributed by atoms with van der Waals surface area (Å²) < 4.78 is 9.54. The Morgan fingerprint density at radius 3 is 2.17 bits per heavy atom. The van der Waals surface area contributed by atoms with Crippen molar-refractivity contribution in [2.45, 2.75) is 56.1 Å². The van der Waals surface area contributed by atoms with Crippen molar-refractivity contribution in [3.63, 3.8) is 0 Å². The third-order valence-corrected chi connectivity index (χ3v) is 10.6. The lowest BCUT2D eigenvalue weighted by molar-refractivity contribution is -0.153. The summed E-state index contributed by atoms with van der Waals surface area (Å²) in [5.41, 5.74) is -1.76. The molecule has 1 amide bonds. The number of hydrogen-bond donors (Lipinski definition) is 1. The van der Waals surface area contributed by atoms with Gasteiger partial charge in [-0.25, -0.2) is 4.79 Å². The number of carbonyl (C=O) groups is 3. The Morgan fingerprint density at radius 1 is 1.30 bits per heavy atom. The predicted molar refractivity (Wildman–Crippen MR) is 93.0 cm³/mol. The van der Waals surface area contributed by atoms with Gasteiger partial charge in [0.1, 0.15) is 0 Å². The van der Waals surface area contributed by atoms with E-state index in [2.05, 4.69) is 26.1 Å².